The molecule has 15 heteroatoms. The van der Waals surface area contributed by atoms with Crippen molar-refractivity contribution in [2.24, 2.45) is 0 Å². The molecule has 3 fully saturated rings. The average Bonchev–Trinajstić information content (AvgIpc) is 3.65. The van der Waals surface area contributed by atoms with E-state index >= 15 is 13.2 Å². The van der Waals surface area contributed by atoms with Crippen LogP contribution in [0.4, 0.5) is 33.3 Å². The molecule has 0 saturated carbocycles. The lowest BCUT2D eigenvalue weighted by molar-refractivity contribution is -0.117. The van der Waals surface area contributed by atoms with E-state index in [0.29, 0.717) is 38.8 Å². The molecule has 260 valence electrons. The van der Waals surface area contributed by atoms with Crippen molar-refractivity contribution in [3.8, 4) is 17.1 Å². The van der Waals surface area contributed by atoms with Crippen LogP contribution < -0.4 is 15.0 Å². The summed E-state index contributed by atoms with van der Waals surface area (Å²) < 4.78 is 73.8. The number of carbonyl (C=O) groups excluding carboxylic acids is 2. The Labute approximate surface area is 283 Å². The number of anilines is 2. The molecule has 2 atom stereocenters. The van der Waals surface area contributed by atoms with Crippen LogP contribution in [-0.4, -0.2) is 81.8 Å². The molecule has 0 radical (unpaired) electrons. The van der Waals surface area contributed by atoms with E-state index in [4.69, 9.17) is 9.47 Å². The number of aromatic nitrogens is 3. The summed E-state index contributed by atoms with van der Waals surface area (Å²) in [5, 5.41) is 2.48. The number of amides is 1. The third kappa shape index (κ3) is 6.50. The van der Waals surface area contributed by atoms with Crippen LogP contribution >= 0.6 is 11.3 Å². The van der Waals surface area contributed by atoms with Crippen molar-refractivity contribution in [2.45, 2.75) is 76.6 Å². The lowest BCUT2D eigenvalue weighted by atomic mass is 9.95. The van der Waals surface area contributed by atoms with Crippen molar-refractivity contribution >= 4 is 55.3 Å². The van der Waals surface area contributed by atoms with Crippen LogP contribution in [0.25, 0.3) is 32.2 Å². The monoisotopic (exact) mass is 700 g/mol. The van der Waals surface area contributed by atoms with Crippen LogP contribution in [0.3, 0.4) is 0 Å². The van der Waals surface area contributed by atoms with Gasteiger partial charge in [-0.05, 0) is 71.2 Å². The number of benzene rings is 2. The zero-order valence-electron chi connectivity index (χ0n) is 27.4. The number of thiazole rings is 1. The van der Waals surface area contributed by atoms with E-state index in [1.165, 1.54) is 6.07 Å². The highest BCUT2D eigenvalue weighted by molar-refractivity contribution is 7.22. The molecule has 3 aliphatic heterocycles. The van der Waals surface area contributed by atoms with Crippen LogP contribution in [0.2, 0.25) is 0 Å². The predicted molar refractivity (Wildman–Crippen MR) is 177 cm³/mol. The van der Waals surface area contributed by atoms with Crippen molar-refractivity contribution in [1.29, 1.82) is 0 Å². The number of ether oxygens (including phenoxy) is 2. The first kappa shape index (κ1) is 33.4. The number of ketones is 1. The van der Waals surface area contributed by atoms with E-state index in [9.17, 15) is 14.0 Å². The maximum Gasteiger partial charge on any atom is 0.413 e. The predicted octanol–water partition coefficient (Wildman–Crippen LogP) is 7.19. The van der Waals surface area contributed by atoms with Crippen molar-refractivity contribution in [3.05, 3.63) is 35.7 Å². The van der Waals surface area contributed by atoms with Crippen molar-refractivity contribution in [1.82, 2.24) is 19.9 Å². The molecule has 10 nitrogen and oxygen atoms in total. The summed E-state index contributed by atoms with van der Waals surface area (Å²) in [5.41, 5.74) is -2.23. The van der Waals surface area contributed by atoms with Crippen molar-refractivity contribution in [2.75, 3.05) is 43.0 Å². The van der Waals surface area contributed by atoms with Gasteiger partial charge < -0.3 is 14.4 Å². The van der Waals surface area contributed by atoms with E-state index in [-0.39, 0.29) is 62.6 Å². The molecule has 1 amide bonds. The molecule has 49 heavy (non-hydrogen) atoms. The van der Waals surface area contributed by atoms with Gasteiger partial charge in [0.15, 0.2) is 16.7 Å². The van der Waals surface area contributed by atoms with Gasteiger partial charge in [-0.3, -0.25) is 15.0 Å². The summed E-state index contributed by atoms with van der Waals surface area (Å²) in [5.74, 6) is -2.61. The smallest absolute Gasteiger partial charge is 0.413 e. The fourth-order valence-electron chi connectivity index (χ4n) is 7.16. The van der Waals surface area contributed by atoms with E-state index in [2.05, 4.69) is 25.2 Å². The molecule has 0 unspecified atom stereocenters. The van der Waals surface area contributed by atoms with Gasteiger partial charge in [0, 0.05) is 36.9 Å². The Morgan fingerprint density at radius 1 is 1.08 bits per heavy atom. The third-order valence-electron chi connectivity index (χ3n) is 9.25. The van der Waals surface area contributed by atoms with Crippen molar-refractivity contribution < 1.29 is 36.6 Å². The highest BCUT2D eigenvalue weighted by Gasteiger charge is 2.49. The molecule has 7 rings (SSSR count). The number of hydrogen-bond donors (Lipinski definition) is 1. The first-order valence-corrected chi connectivity index (χ1v) is 17.2. The molecule has 0 aliphatic carbocycles. The molecule has 0 bridgehead atoms. The summed E-state index contributed by atoms with van der Waals surface area (Å²) in [7, 11) is 0. The number of halogens is 4. The number of rotatable bonds is 6. The highest BCUT2D eigenvalue weighted by Crippen LogP contribution is 2.43. The molecular weight excluding hydrogens is 664 g/mol. The third-order valence-corrected chi connectivity index (χ3v) is 10.2. The fourth-order valence-corrected chi connectivity index (χ4v) is 8.04. The Balaban J connectivity index is 1.33. The maximum atomic E-state index is 16.8. The molecule has 3 aliphatic rings. The number of fused-ring (bicyclic) bond motifs is 3. The quantitative estimate of drug-likeness (QED) is 0.209. The zero-order valence-corrected chi connectivity index (χ0v) is 28.2. The number of hydrogen-bond acceptors (Lipinski definition) is 10. The van der Waals surface area contributed by atoms with Crippen LogP contribution in [0.1, 0.15) is 59.3 Å². The second kappa shape index (κ2) is 12.7. The van der Waals surface area contributed by atoms with Gasteiger partial charge in [0.25, 0.3) is 0 Å². The number of carbonyl (C=O) groups is 2. The van der Waals surface area contributed by atoms with Crippen LogP contribution in [0, 0.1) is 17.5 Å². The molecule has 2 aromatic carbocycles. The lowest BCUT2D eigenvalue weighted by Crippen LogP contribution is -2.43. The second-order valence-corrected chi connectivity index (χ2v) is 15.0. The number of nitrogens with one attached hydrogen (secondary N) is 1. The normalized spacial score (nSPS) is 21.7. The Morgan fingerprint density at radius 2 is 1.90 bits per heavy atom. The van der Waals surface area contributed by atoms with Gasteiger partial charge in [0.2, 0.25) is 0 Å². The van der Waals surface area contributed by atoms with Gasteiger partial charge in [-0.25, -0.2) is 27.3 Å². The number of alkyl halides is 1. The summed E-state index contributed by atoms with van der Waals surface area (Å²) in [4.78, 5) is 42.1. The largest absolute Gasteiger partial charge is 0.461 e. The van der Waals surface area contributed by atoms with Gasteiger partial charge in [-0.15, -0.1) is 0 Å². The zero-order chi connectivity index (χ0) is 34.7. The first-order valence-electron chi connectivity index (χ1n) is 16.4. The van der Waals surface area contributed by atoms with Crippen molar-refractivity contribution in [3.63, 3.8) is 0 Å². The summed E-state index contributed by atoms with van der Waals surface area (Å²) in [6.45, 7) is 6.62. The van der Waals surface area contributed by atoms with E-state index in [1.807, 2.05) is 0 Å². The average molecular weight is 701 g/mol. The topological polar surface area (TPSA) is 110 Å². The minimum absolute atomic E-state index is 0.00260. The van der Waals surface area contributed by atoms with E-state index < -0.39 is 46.4 Å². The van der Waals surface area contributed by atoms with Crippen LogP contribution in [-0.2, 0) is 9.53 Å². The molecule has 5 heterocycles. The van der Waals surface area contributed by atoms with Gasteiger partial charge in [-0.2, -0.15) is 9.97 Å². The molecule has 2 aromatic heterocycles. The Kier molecular flexibility index (Phi) is 8.62. The second-order valence-electron chi connectivity index (χ2n) is 14.0. The van der Waals surface area contributed by atoms with E-state index in [1.54, 1.807) is 25.7 Å². The standard InChI is InChI=1S/C34H36F4N6O4S/c1-33(2,3)48-32(46)42-31-40-27-20(8-9-22(36)28(27)49-31)24-23(37)13-21-26(25(24)38)39-30(41-29(21)43-11-5-4-7-19(45)16-43)47-17-34-10-6-12-44(34)15-18(35)14-34/h8-9,13,18H,4-7,10-12,14-17H2,1-3H3,(H,40,42,46)/t18-,34+/m1/s1. The first-order chi connectivity index (χ1) is 23.3. The summed E-state index contributed by atoms with van der Waals surface area (Å²) >= 11 is 0.796. The molecular formula is C34H36F4N6O4S. The Bertz CT molecular complexity index is 1970. The SMILES string of the molecule is CC(C)(C)OC(=O)Nc1nc2c(-c3c(F)cc4c(N5CCCCC(=O)C5)nc(OC[C@@]56CCCN5C[C@H](F)C6)nc4c3F)ccc(F)c2s1. The van der Waals surface area contributed by atoms with Crippen LogP contribution in [0.15, 0.2) is 18.2 Å². The fraction of sp³-hybridized carbons (Fsp3) is 0.500. The molecule has 4 aromatic rings. The van der Waals surface area contributed by atoms with Gasteiger partial charge in [-0.1, -0.05) is 11.3 Å². The highest BCUT2D eigenvalue weighted by atomic mass is 32.1. The van der Waals surface area contributed by atoms with Gasteiger partial charge in [0.1, 0.15) is 41.3 Å². The minimum atomic E-state index is -1.06. The van der Waals surface area contributed by atoms with Gasteiger partial charge in [0.05, 0.1) is 27.9 Å². The van der Waals surface area contributed by atoms with Gasteiger partial charge >= 0.3 is 12.1 Å². The summed E-state index contributed by atoms with van der Waals surface area (Å²) in [6, 6.07) is 3.22. The number of Topliss-reactive ketones (excluding diaryl/α,β-unsaturated/α-hetero) is 1. The lowest BCUT2D eigenvalue weighted by Gasteiger charge is -2.31. The number of nitrogens with zero attached hydrogens (tertiary/aromatic N) is 5. The Morgan fingerprint density at radius 3 is 2.69 bits per heavy atom. The molecule has 0 spiro atoms. The van der Waals surface area contributed by atoms with E-state index in [0.717, 1.165) is 42.9 Å². The molecule has 3 saturated heterocycles. The van der Waals surface area contributed by atoms with Crippen LogP contribution in [0.5, 0.6) is 6.01 Å². The summed E-state index contributed by atoms with van der Waals surface area (Å²) in [6.07, 6.45) is 1.86. The maximum absolute atomic E-state index is 16.8. The minimum Gasteiger partial charge on any atom is -0.461 e. The molecule has 1 N–H and O–H groups in total. The Hall–Kier alpha value is -4.11.